The number of hydrogen-bond donors (Lipinski definition) is 2. The summed E-state index contributed by atoms with van der Waals surface area (Å²) in [5.74, 6) is -0.648. The summed E-state index contributed by atoms with van der Waals surface area (Å²) in [4.78, 5) is 14.5. The van der Waals surface area contributed by atoms with Crippen molar-refractivity contribution >= 4 is 0 Å². The molecule has 92 valence electrons. The van der Waals surface area contributed by atoms with Gasteiger partial charge in [-0.05, 0) is 6.92 Å². The van der Waals surface area contributed by atoms with Crippen LogP contribution in [0.2, 0.25) is 0 Å². The number of nitrogens with zero attached hydrogens (tertiary/aromatic N) is 1. The quantitative estimate of drug-likeness (QED) is 0.648. The number of fused-ring (bicyclic) bond motifs is 3. The van der Waals surface area contributed by atoms with E-state index < -0.39 is 29.7 Å². The Hall–Kier alpha value is -1.44. The molecule has 0 spiro atoms. The van der Waals surface area contributed by atoms with Crippen LogP contribution in [0.3, 0.4) is 0 Å². The van der Waals surface area contributed by atoms with Crippen LogP contribution < -0.4 is 10.5 Å². The summed E-state index contributed by atoms with van der Waals surface area (Å²) in [6.07, 6.45) is -1.10. The van der Waals surface area contributed by atoms with Crippen LogP contribution in [0.15, 0.2) is 15.5 Å². The molecule has 1 aromatic rings. The SMILES string of the molecule is C[C@@]12Oc3nc(=O)occ3[C@@H]1O[C@H](CO)[C@H]2O. The van der Waals surface area contributed by atoms with Gasteiger partial charge in [-0.25, -0.2) is 4.79 Å². The summed E-state index contributed by atoms with van der Waals surface area (Å²) in [6.45, 7) is 1.33. The molecule has 0 radical (unpaired) electrons. The minimum atomic E-state index is -1.05. The van der Waals surface area contributed by atoms with Crippen molar-refractivity contribution < 1.29 is 24.1 Å². The van der Waals surface area contributed by atoms with Gasteiger partial charge in [0, 0.05) is 0 Å². The lowest BCUT2D eigenvalue weighted by atomic mass is 9.92. The zero-order valence-electron chi connectivity index (χ0n) is 8.99. The molecule has 0 aliphatic carbocycles. The fourth-order valence-electron chi connectivity index (χ4n) is 2.35. The monoisotopic (exact) mass is 241 g/mol. The summed E-state index contributed by atoms with van der Waals surface area (Å²) >= 11 is 0. The second-order valence-corrected chi connectivity index (χ2v) is 4.34. The van der Waals surface area contributed by atoms with Gasteiger partial charge in [0.05, 0.1) is 12.2 Å². The van der Waals surface area contributed by atoms with Gasteiger partial charge in [-0.3, -0.25) is 0 Å². The second-order valence-electron chi connectivity index (χ2n) is 4.34. The summed E-state index contributed by atoms with van der Waals surface area (Å²) in [5.41, 5.74) is -0.575. The van der Waals surface area contributed by atoms with Gasteiger partial charge >= 0.3 is 5.76 Å². The number of rotatable bonds is 1. The van der Waals surface area contributed by atoms with Crippen molar-refractivity contribution in [2.45, 2.75) is 30.8 Å². The highest BCUT2D eigenvalue weighted by molar-refractivity contribution is 5.35. The molecule has 4 atom stereocenters. The third-order valence-corrected chi connectivity index (χ3v) is 3.28. The predicted octanol–water partition coefficient (Wildman–Crippen LogP) is -1.02. The lowest BCUT2D eigenvalue weighted by molar-refractivity contribution is -0.0296. The van der Waals surface area contributed by atoms with Crippen molar-refractivity contribution in [1.82, 2.24) is 4.98 Å². The van der Waals surface area contributed by atoms with E-state index in [1.165, 1.54) is 6.26 Å². The Morgan fingerprint density at radius 3 is 3.06 bits per heavy atom. The van der Waals surface area contributed by atoms with Crippen molar-refractivity contribution in [3.63, 3.8) is 0 Å². The molecule has 1 saturated heterocycles. The maximum absolute atomic E-state index is 11.0. The molecule has 7 heteroatoms. The van der Waals surface area contributed by atoms with Gasteiger partial charge in [0.2, 0.25) is 5.88 Å². The van der Waals surface area contributed by atoms with Crippen molar-refractivity contribution in [3.8, 4) is 5.88 Å². The lowest BCUT2D eigenvalue weighted by Crippen LogP contribution is -2.45. The first-order valence-electron chi connectivity index (χ1n) is 5.19. The topological polar surface area (TPSA) is 102 Å². The molecule has 0 amide bonds. The Balaban J connectivity index is 2.07. The van der Waals surface area contributed by atoms with Crippen LogP contribution in [0, 0.1) is 0 Å². The fourth-order valence-corrected chi connectivity index (χ4v) is 2.35. The van der Waals surface area contributed by atoms with Crippen LogP contribution in [0.5, 0.6) is 5.88 Å². The minimum Gasteiger partial charge on any atom is -0.465 e. The Bertz CT molecular complexity index is 514. The van der Waals surface area contributed by atoms with Crippen LogP contribution in [-0.4, -0.2) is 39.6 Å². The Morgan fingerprint density at radius 1 is 1.59 bits per heavy atom. The highest BCUT2D eigenvalue weighted by atomic mass is 16.6. The molecule has 17 heavy (non-hydrogen) atoms. The minimum absolute atomic E-state index is 0.115. The number of aliphatic hydroxyl groups excluding tert-OH is 2. The first kappa shape index (κ1) is 10.7. The predicted molar refractivity (Wildman–Crippen MR) is 52.5 cm³/mol. The van der Waals surface area contributed by atoms with Gasteiger partial charge in [-0.1, -0.05) is 0 Å². The molecule has 2 aliphatic rings. The normalized spacial score (nSPS) is 38.6. The average molecular weight is 241 g/mol. The molecule has 1 fully saturated rings. The molecular weight excluding hydrogens is 230 g/mol. The van der Waals surface area contributed by atoms with E-state index in [1.54, 1.807) is 6.92 Å². The van der Waals surface area contributed by atoms with Crippen molar-refractivity contribution in [3.05, 3.63) is 22.4 Å². The Morgan fingerprint density at radius 2 is 2.35 bits per heavy atom. The summed E-state index contributed by atoms with van der Waals surface area (Å²) in [6, 6.07) is 0. The average Bonchev–Trinajstić information content (AvgIpc) is 2.69. The van der Waals surface area contributed by atoms with Crippen LogP contribution in [0.4, 0.5) is 0 Å². The van der Waals surface area contributed by atoms with E-state index in [1.807, 2.05) is 0 Å². The van der Waals surface area contributed by atoms with E-state index in [0.717, 1.165) is 0 Å². The molecule has 1 aromatic heterocycles. The molecule has 0 saturated carbocycles. The molecule has 0 aromatic carbocycles. The fraction of sp³-hybridized carbons (Fsp3) is 0.600. The lowest BCUT2D eigenvalue weighted by Gasteiger charge is -2.25. The molecule has 0 unspecified atom stereocenters. The highest BCUT2D eigenvalue weighted by Gasteiger charge is 2.60. The van der Waals surface area contributed by atoms with Gasteiger partial charge in [-0.15, -0.1) is 4.98 Å². The second kappa shape index (κ2) is 3.28. The van der Waals surface area contributed by atoms with Gasteiger partial charge in [0.25, 0.3) is 0 Å². The molecule has 7 nitrogen and oxygen atoms in total. The van der Waals surface area contributed by atoms with E-state index in [4.69, 9.17) is 14.6 Å². The standard InChI is InChI=1S/C10H11NO6/c1-10-6(13)5(2-12)16-7(10)4-3-15-9(14)11-8(4)17-10/h3,5-7,12-13H,2H2,1H3/t5-,6-,7+,10+/m1/s1. The number of aromatic nitrogens is 1. The van der Waals surface area contributed by atoms with Crippen LogP contribution in [0.25, 0.3) is 0 Å². The van der Waals surface area contributed by atoms with Crippen molar-refractivity contribution in [1.29, 1.82) is 0 Å². The molecule has 3 heterocycles. The van der Waals surface area contributed by atoms with Crippen LogP contribution in [0.1, 0.15) is 18.6 Å². The maximum Gasteiger partial charge on any atom is 0.441 e. The smallest absolute Gasteiger partial charge is 0.441 e. The Labute approximate surface area is 95.6 Å². The van der Waals surface area contributed by atoms with Crippen LogP contribution >= 0.6 is 0 Å². The first-order valence-corrected chi connectivity index (χ1v) is 5.19. The molecule has 2 aliphatic heterocycles. The van der Waals surface area contributed by atoms with Crippen molar-refractivity contribution in [2.75, 3.05) is 6.61 Å². The van der Waals surface area contributed by atoms with Crippen molar-refractivity contribution in [2.24, 2.45) is 0 Å². The van der Waals surface area contributed by atoms with Crippen LogP contribution in [-0.2, 0) is 4.74 Å². The summed E-state index contributed by atoms with van der Waals surface area (Å²) in [5, 5.41) is 19.1. The number of aliphatic hydroxyl groups is 2. The van der Waals surface area contributed by atoms with E-state index in [0.29, 0.717) is 5.56 Å². The third-order valence-electron chi connectivity index (χ3n) is 3.28. The highest BCUT2D eigenvalue weighted by Crippen LogP contribution is 2.51. The van der Waals surface area contributed by atoms with Gasteiger partial charge in [0.1, 0.15) is 24.6 Å². The zero-order valence-corrected chi connectivity index (χ0v) is 8.99. The number of ether oxygens (including phenoxy) is 2. The van der Waals surface area contributed by atoms with E-state index in [2.05, 4.69) is 9.40 Å². The largest absolute Gasteiger partial charge is 0.465 e. The maximum atomic E-state index is 11.0. The van der Waals surface area contributed by atoms with Gasteiger partial charge < -0.3 is 24.1 Å². The van der Waals surface area contributed by atoms with Gasteiger partial charge in [0.15, 0.2) is 5.60 Å². The Kier molecular flexibility index (Phi) is 2.07. The number of hydrogen-bond acceptors (Lipinski definition) is 7. The first-order chi connectivity index (χ1) is 8.06. The molecule has 2 N–H and O–H groups in total. The van der Waals surface area contributed by atoms with E-state index >= 15 is 0 Å². The summed E-state index contributed by atoms with van der Waals surface area (Å²) in [7, 11) is 0. The molecule has 3 rings (SSSR count). The van der Waals surface area contributed by atoms with Gasteiger partial charge in [-0.2, -0.15) is 0 Å². The third kappa shape index (κ3) is 1.27. The molecule has 0 bridgehead atoms. The molecular formula is C10H11NO6. The zero-order chi connectivity index (χ0) is 12.2. The van der Waals surface area contributed by atoms with E-state index in [-0.39, 0.29) is 12.5 Å². The summed E-state index contributed by atoms with van der Waals surface area (Å²) < 4.78 is 15.6. The van der Waals surface area contributed by atoms with E-state index in [9.17, 15) is 9.90 Å².